The summed E-state index contributed by atoms with van der Waals surface area (Å²) < 4.78 is 10.7. The molecule has 2 atom stereocenters. The highest BCUT2D eigenvalue weighted by atomic mass is 16.5. The highest BCUT2D eigenvalue weighted by Gasteiger charge is 2.36. The van der Waals surface area contributed by atoms with E-state index in [-0.39, 0.29) is 6.03 Å². The van der Waals surface area contributed by atoms with Crippen LogP contribution in [0.2, 0.25) is 0 Å². The SMILES string of the molecule is O=C(NCCCOCc1ccco1)N[C@@H]1CCN2CCCC[C@@H]12. The van der Waals surface area contributed by atoms with Crippen molar-refractivity contribution in [2.45, 2.75) is 50.8 Å². The van der Waals surface area contributed by atoms with Crippen LogP contribution in [0.5, 0.6) is 0 Å². The van der Waals surface area contributed by atoms with Crippen molar-refractivity contribution in [3.05, 3.63) is 24.2 Å². The van der Waals surface area contributed by atoms with Crippen molar-refractivity contribution in [1.82, 2.24) is 15.5 Å². The van der Waals surface area contributed by atoms with E-state index in [1.807, 2.05) is 12.1 Å². The molecular formula is C17H27N3O3. The van der Waals surface area contributed by atoms with Crippen molar-refractivity contribution in [2.24, 2.45) is 0 Å². The molecule has 6 nitrogen and oxygen atoms in total. The summed E-state index contributed by atoms with van der Waals surface area (Å²) in [5.41, 5.74) is 0. The molecule has 128 valence electrons. The molecule has 1 aromatic heterocycles. The number of nitrogens with one attached hydrogen (secondary N) is 2. The van der Waals surface area contributed by atoms with Gasteiger partial charge in [-0.25, -0.2) is 4.79 Å². The minimum absolute atomic E-state index is 0.0477. The Hall–Kier alpha value is -1.53. The average molecular weight is 321 g/mol. The topological polar surface area (TPSA) is 66.7 Å². The number of carbonyl (C=O) groups excluding carboxylic acids is 1. The average Bonchev–Trinajstić information content (AvgIpc) is 3.21. The number of nitrogens with zero attached hydrogens (tertiary/aromatic N) is 1. The molecule has 0 bridgehead atoms. The summed E-state index contributed by atoms with van der Waals surface area (Å²) in [5, 5.41) is 6.07. The first kappa shape index (κ1) is 16.3. The van der Waals surface area contributed by atoms with Crippen molar-refractivity contribution in [1.29, 1.82) is 0 Å². The van der Waals surface area contributed by atoms with Gasteiger partial charge in [-0.1, -0.05) is 6.42 Å². The number of rotatable bonds is 7. The van der Waals surface area contributed by atoms with Crippen molar-refractivity contribution in [3.63, 3.8) is 0 Å². The summed E-state index contributed by atoms with van der Waals surface area (Å²) in [5.74, 6) is 0.828. The Kier molecular flexibility index (Phi) is 5.93. The lowest BCUT2D eigenvalue weighted by Gasteiger charge is -2.32. The van der Waals surface area contributed by atoms with Gasteiger partial charge < -0.3 is 19.8 Å². The molecule has 2 aliphatic heterocycles. The third-order valence-electron chi connectivity index (χ3n) is 4.75. The van der Waals surface area contributed by atoms with E-state index in [1.165, 1.54) is 25.8 Å². The molecule has 0 radical (unpaired) electrons. The van der Waals surface area contributed by atoms with Crippen LogP contribution in [0.4, 0.5) is 4.79 Å². The Morgan fingerprint density at radius 3 is 3.17 bits per heavy atom. The number of fused-ring (bicyclic) bond motifs is 1. The summed E-state index contributed by atoms with van der Waals surface area (Å²) in [6.07, 6.45) is 7.31. The van der Waals surface area contributed by atoms with Gasteiger partial charge in [0.2, 0.25) is 0 Å². The molecule has 0 aliphatic carbocycles. The van der Waals surface area contributed by atoms with Crippen LogP contribution < -0.4 is 10.6 Å². The fourth-order valence-corrected chi connectivity index (χ4v) is 3.58. The van der Waals surface area contributed by atoms with Gasteiger partial charge >= 0.3 is 6.03 Å². The normalized spacial score (nSPS) is 24.3. The van der Waals surface area contributed by atoms with E-state index in [2.05, 4.69) is 15.5 Å². The molecular weight excluding hydrogens is 294 g/mol. The van der Waals surface area contributed by atoms with Crippen LogP contribution in [-0.4, -0.2) is 49.3 Å². The first-order chi connectivity index (χ1) is 11.3. The van der Waals surface area contributed by atoms with E-state index in [1.54, 1.807) is 6.26 Å². The van der Waals surface area contributed by atoms with Crippen LogP contribution >= 0.6 is 0 Å². The van der Waals surface area contributed by atoms with Crippen molar-refractivity contribution in [2.75, 3.05) is 26.2 Å². The van der Waals surface area contributed by atoms with Gasteiger partial charge in [0.15, 0.2) is 0 Å². The second-order valence-corrected chi connectivity index (χ2v) is 6.38. The van der Waals surface area contributed by atoms with Gasteiger partial charge in [0.1, 0.15) is 12.4 Å². The quantitative estimate of drug-likeness (QED) is 0.755. The van der Waals surface area contributed by atoms with E-state index in [9.17, 15) is 4.79 Å². The van der Waals surface area contributed by atoms with Gasteiger partial charge in [0, 0.05) is 31.8 Å². The number of furan rings is 1. The number of carbonyl (C=O) groups is 1. The molecule has 23 heavy (non-hydrogen) atoms. The zero-order valence-electron chi connectivity index (χ0n) is 13.6. The van der Waals surface area contributed by atoms with Crippen LogP contribution in [0.3, 0.4) is 0 Å². The zero-order chi connectivity index (χ0) is 15.9. The molecule has 0 spiro atoms. The zero-order valence-corrected chi connectivity index (χ0v) is 13.6. The predicted octanol–water partition coefficient (Wildman–Crippen LogP) is 2.11. The Morgan fingerprint density at radius 1 is 1.35 bits per heavy atom. The fraction of sp³-hybridized carbons (Fsp3) is 0.706. The van der Waals surface area contributed by atoms with Crippen LogP contribution in [-0.2, 0) is 11.3 Å². The first-order valence-electron chi connectivity index (χ1n) is 8.71. The fourth-order valence-electron chi connectivity index (χ4n) is 3.58. The molecule has 3 rings (SSSR count). The molecule has 0 saturated carbocycles. The van der Waals surface area contributed by atoms with Gasteiger partial charge in [0.25, 0.3) is 0 Å². The van der Waals surface area contributed by atoms with Crippen molar-refractivity contribution < 1.29 is 13.9 Å². The molecule has 2 amide bonds. The van der Waals surface area contributed by atoms with Crippen LogP contribution in [0.25, 0.3) is 0 Å². The Bertz CT molecular complexity index is 477. The number of ether oxygens (including phenoxy) is 1. The minimum Gasteiger partial charge on any atom is -0.467 e. The maximum Gasteiger partial charge on any atom is 0.315 e. The second-order valence-electron chi connectivity index (χ2n) is 6.38. The maximum atomic E-state index is 12.0. The highest BCUT2D eigenvalue weighted by Crippen LogP contribution is 2.26. The summed E-state index contributed by atoms with van der Waals surface area (Å²) in [6, 6.07) is 4.55. The van der Waals surface area contributed by atoms with Gasteiger partial charge in [-0.2, -0.15) is 0 Å². The van der Waals surface area contributed by atoms with Gasteiger partial charge in [0.05, 0.1) is 6.26 Å². The van der Waals surface area contributed by atoms with Gasteiger partial charge in [-0.3, -0.25) is 4.90 Å². The predicted molar refractivity (Wildman–Crippen MR) is 87.1 cm³/mol. The molecule has 2 aliphatic rings. The number of piperidine rings is 1. The summed E-state index contributed by atoms with van der Waals surface area (Å²) >= 11 is 0. The van der Waals surface area contributed by atoms with Crippen LogP contribution in [0.15, 0.2) is 22.8 Å². The van der Waals surface area contributed by atoms with E-state index >= 15 is 0 Å². The number of hydrogen-bond donors (Lipinski definition) is 2. The molecule has 1 aromatic rings. The van der Waals surface area contributed by atoms with Crippen molar-refractivity contribution >= 4 is 6.03 Å². The number of urea groups is 1. The van der Waals surface area contributed by atoms with Gasteiger partial charge in [-0.15, -0.1) is 0 Å². The van der Waals surface area contributed by atoms with E-state index < -0.39 is 0 Å². The lowest BCUT2D eigenvalue weighted by Crippen LogP contribution is -2.49. The third kappa shape index (κ3) is 4.72. The maximum absolute atomic E-state index is 12.0. The summed E-state index contributed by atoms with van der Waals surface area (Å²) in [4.78, 5) is 14.5. The number of hydrogen-bond acceptors (Lipinski definition) is 4. The molecule has 3 heterocycles. The smallest absolute Gasteiger partial charge is 0.315 e. The van der Waals surface area contributed by atoms with E-state index in [4.69, 9.17) is 9.15 Å². The van der Waals surface area contributed by atoms with Crippen LogP contribution in [0.1, 0.15) is 37.9 Å². The third-order valence-corrected chi connectivity index (χ3v) is 4.75. The highest BCUT2D eigenvalue weighted by molar-refractivity contribution is 5.74. The standard InChI is InChI=1S/C17H27N3O3/c21-17(18-8-4-11-22-13-14-5-3-12-23-14)19-15-7-10-20-9-2-1-6-16(15)20/h3,5,12,15-16H,1-2,4,6-11,13H2,(H2,18,19,21)/t15-,16+/m1/s1. The molecule has 2 fully saturated rings. The Morgan fingerprint density at radius 2 is 2.30 bits per heavy atom. The number of amides is 2. The molecule has 6 heteroatoms. The second kappa shape index (κ2) is 8.36. The van der Waals surface area contributed by atoms with Crippen molar-refractivity contribution in [3.8, 4) is 0 Å². The Labute approximate surface area is 137 Å². The molecule has 2 N–H and O–H groups in total. The molecule has 2 saturated heterocycles. The van der Waals surface area contributed by atoms with E-state index in [0.29, 0.717) is 31.8 Å². The largest absolute Gasteiger partial charge is 0.467 e. The summed E-state index contributed by atoms with van der Waals surface area (Å²) in [6.45, 7) is 4.04. The Balaban J connectivity index is 1.25. The first-order valence-corrected chi connectivity index (χ1v) is 8.71. The lowest BCUT2D eigenvalue weighted by molar-refractivity contribution is 0.104. The minimum atomic E-state index is -0.0477. The monoisotopic (exact) mass is 321 g/mol. The van der Waals surface area contributed by atoms with E-state index in [0.717, 1.165) is 25.1 Å². The summed E-state index contributed by atoms with van der Waals surface area (Å²) in [7, 11) is 0. The molecule has 0 aromatic carbocycles. The van der Waals surface area contributed by atoms with Gasteiger partial charge in [-0.05, 0) is 44.4 Å². The molecule has 0 unspecified atom stereocenters. The lowest BCUT2D eigenvalue weighted by atomic mass is 9.99. The van der Waals surface area contributed by atoms with Crippen LogP contribution in [0, 0.1) is 0 Å².